The van der Waals surface area contributed by atoms with E-state index in [0.29, 0.717) is 0 Å². The Morgan fingerprint density at radius 3 is 1.47 bits per heavy atom. The summed E-state index contributed by atoms with van der Waals surface area (Å²) in [6.45, 7) is 0. The molecular weight excluding hydrogens is 222 g/mol. The standard InChI is InChI=1S/C12H23NO.Ti/c13-12(14)11-9-7-5-3-1-2-4-6-8-10-11;/h11H,1-10H2,(H2,13,14);/p-1. The van der Waals surface area contributed by atoms with Crippen LogP contribution in [0.2, 0.25) is 0 Å². The second kappa shape index (κ2) is 9.41. The van der Waals surface area contributed by atoms with E-state index >= 15 is 0 Å². The van der Waals surface area contributed by atoms with Gasteiger partial charge in [0.15, 0.2) is 0 Å². The molecule has 1 fully saturated rings. The molecule has 0 aromatic heterocycles. The first kappa shape index (κ1) is 15.2. The van der Waals surface area contributed by atoms with Gasteiger partial charge in [-0.2, -0.15) is 0 Å². The Kier molecular flexibility index (Phi) is 9.53. The molecule has 2 nitrogen and oxygen atoms in total. The second-order valence-corrected chi connectivity index (χ2v) is 4.47. The Labute approximate surface area is 108 Å². The first-order chi connectivity index (χ1) is 6.80. The Morgan fingerprint density at radius 2 is 1.13 bits per heavy atom. The molecule has 1 saturated carbocycles. The molecule has 0 aromatic carbocycles. The molecule has 15 heavy (non-hydrogen) atoms. The number of carbonyl (C=O) groups is 1. The Hall–Kier alpha value is 0.184. The molecule has 0 aromatic rings. The predicted octanol–water partition coefficient (Wildman–Crippen LogP) is 4.09. The van der Waals surface area contributed by atoms with E-state index in [2.05, 4.69) is 0 Å². The van der Waals surface area contributed by atoms with Crippen molar-refractivity contribution in [3.05, 3.63) is 5.73 Å². The van der Waals surface area contributed by atoms with Crippen LogP contribution in [0, 0.1) is 5.92 Å². The Bertz CT molecular complexity index is 161. The topological polar surface area (TPSA) is 40.9 Å². The van der Waals surface area contributed by atoms with E-state index in [9.17, 15) is 4.79 Å². The molecule has 0 radical (unpaired) electrons. The predicted molar refractivity (Wildman–Crippen MR) is 59.0 cm³/mol. The summed E-state index contributed by atoms with van der Waals surface area (Å²) in [5.74, 6) is -0.280. The van der Waals surface area contributed by atoms with Gasteiger partial charge in [0.05, 0.1) is 5.91 Å². The molecule has 0 saturated heterocycles. The molecule has 0 atom stereocenters. The zero-order chi connectivity index (χ0) is 10.2. The van der Waals surface area contributed by atoms with Crippen LogP contribution < -0.4 is 0 Å². The van der Waals surface area contributed by atoms with Crippen molar-refractivity contribution in [2.45, 2.75) is 64.2 Å². The number of rotatable bonds is 1. The van der Waals surface area contributed by atoms with Gasteiger partial charge < -0.3 is 10.5 Å². The van der Waals surface area contributed by atoms with Crippen molar-refractivity contribution in [1.82, 2.24) is 0 Å². The van der Waals surface area contributed by atoms with Crippen LogP contribution in [0.15, 0.2) is 0 Å². The third-order valence-electron chi connectivity index (χ3n) is 3.23. The SMILES string of the molecule is [NH-]C(=O)C1CCCCCCCCCC1.[Ti]. The maximum absolute atomic E-state index is 11.0. The van der Waals surface area contributed by atoms with E-state index in [1.807, 2.05) is 0 Å². The number of carbonyl (C=O) groups excluding carboxylic acids is 1. The molecule has 1 aliphatic carbocycles. The minimum Gasteiger partial charge on any atom is -0.668 e. The van der Waals surface area contributed by atoms with Crippen LogP contribution in [0.3, 0.4) is 0 Å². The molecule has 0 bridgehead atoms. The summed E-state index contributed by atoms with van der Waals surface area (Å²) in [5.41, 5.74) is 7.18. The molecule has 1 N–H and O–H groups in total. The number of hydrogen-bond donors (Lipinski definition) is 0. The van der Waals surface area contributed by atoms with Crippen molar-refractivity contribution in [3.63, 3.8) is 0 Å². The minimum absolute atomic E-state index is 0. The van der Waals surface area contributed by atoms with Crippen molar-refractivity contribution in [2.24, 2.45) is 5.92 Å². The van der Waals surface area contributed by atoms with Crippen molar-refractivity contribution in [1.29, 1.82) is 0 Å². The largest absolute Gasteiger partial charge is 0.668 e. The van der Waals surface area contributed by atoms with E-state index in [0.717, 1.165) is 25.7 Å². The molecule has 0 aliphatic heterocycles. The molecule has 1 aliphatic rings. The van der Waals surface area contributed by atoms with Gasteiger partial charge >= 0.3 is 0 Å². The quantitative estimate of drug-likeness (QED) is 0.640. The number of nitrogens with one attached hydrogen (secondary N) is 1. The molecule has 1 amide bonds. The fourth-order valence-corrected chi connectivity index (χ4v) is 2.25. The zero-order valence-corrected chi connectivity index (χ0v) is 11.1. The fourth-order valence-electron chi connectivity index (χ4n) is 2.25. The van der Waals surface area contributed by atoms with Crippen molar-refractivity contribution < 1.29 is 26.5 Å². The van der Waals surface area contributed by atoms with Gasteiger partial charge in [-0.05, 0) is 12.8 Å². The second-order valence-electron chi connectivity index (χ2n) is 4.47. The third-order valence-corrected chi connectivity index (χ3v) is 3.23. The summed E-state index contributed by atoms with van der Waals surface area (Å²) in [6.07, 6.45) is 12.1. The van der Waals surface area contributed by atoms with Crippen LogP contribution in [-0.4, -0.2) is 5.91 Å². The van der Waals surface area contributed by atoms with E-state index in [1.165, 1.54) is 38.5 Å². The minimum atomic E-state index is -0.329. The Morgan fingerprint density at radius 1 is 0.800 bits per heavy atom. The molecular formula is C12H22NOTi-. The van der Waals surface area contributed by atoms with Gasteiger partial charge in [-0.3, -0.25) is 0 Å². The maximum atomic E-state index is 11.0. The molecule has 86 valence electrons. The summed E-state index contributed by atoms with van der Waals surface area (Å²) in [4.78, 5) is 11.0. The van der Waals surface area contributed by atoms with Crippen LogP contribution >= 0.6 is 0 Å². The van der Waals surface area contributed by atoms with E-state index in [1.54, 1.807) is 0 Å². The summed E-state index contributed by atoms with van der Waals surface area (Å²) < 4.78 is 0. The van der Waals surface area contributed by atoms with Crippen LogP contribution in [0.1, 0.15) is 64.2 Å². The summed E-state index contributed by atoms with van der Waals surface area (Å²) in [5, 5.41) is 0. The molecule has 0 unspecified atom stereocenters. The van der Waals surface area contributed by atoms with Gasteiger partial charge in [-0.15, -0.1) is 0 Å². The van der Waals surface area contributed by atoms with Crippen molar-refractivity contribution >= 4 is 5.91 Å². The van der Waals surface area contributed by atoms with Crippen LogP contribution in [0.4, 0.5) is 0 Å². The number of hydrogen-bond acceptors (Lipinski definition) is 1. The van der Waals surface area contributed by atoms with Crippen molar-refractivity contribution in [2.75, 3.05) is 0 Å². The van der Waals surface area contributed by atoms with Gasteiger partial charge in [0, 0.05) is 27.6 Å². The van der Waals surface area contributed by atoms with Gasteiger partial charge in [-0.1, -0.05) is 51.4 Å². The van der Waals surface area contributed by atoms with Crippen molar-refractivity contribution in [3.8, 4) is 0 Å². The molecule has 0 spiro atoms. The Balaban J connectivity index is 0.00000196. The summed E-state index contributed by atoms with van der Waals surface area (Å²) >= 11 is 0. The van der Waals surface area contributed by atoms with E-state index in [-0.39, 0.29) is 33.5 Å². The average Bonchev–Trinajstić information content (AvgIpc) is 2.21. The van der Waals surface area contributed by atoms with Gasteiger partial charge in [0.1, 0.15) is 0 Å². The smallest absolute Gasteiger partial charge is 0.0519 e. The van der Waals surface area contributed by atoms with Gasteiger partial charge in [-0.25, -0.2) is 0 Å². The normalized spacial score (nSPS) is 21.1. The monoisotopic (exact) mass is 244 g/mol. The van der Waals surface area contributed by atoms with Crippen LogP contribution in [0.5, 0.6) is 0 Å². The first-order valence-corrected chi connectivity index (χ1v) is 6.06. The summed E-state index contributed by atoms with van der Waals surface area (Å²) in [7, 11) is 0. The first-order valence-electron chi connectivity index (χ1n) is 6.06. The van der Waals surface area contributed by atoms with E-state index in [4.69, 9.17) is 5.73 Å². The zero-order valence-electron chi connectivity index (χ0n) is 9.56. The molecule has 0 heterocycles. The van der Waals surface area contributed by atoms with Crippen LogP contribution in [0.25, 0.3) is 5.73 Å². The molecule has 1 rings (SSSR count). The van der Waals surface area contributed by atoms with Gasteiger partial charge in [0.25, 0.3) is 0 Å². The number of amides is 1. The van der Waals surface area contributed by atoms with E-state index < -0.39 is 0 Å². The summed E-state index contributed by atoms with van der Waals surface area (Å²) in [6, 6.07) is 0. The molecule has 3 heteroatoms. The third kappa shape index (κ3) is 7.13. The fraction of sp³-hybridized carbons (Fsp3) is 0.917. The maximum Gasteiger partial charge on any atom is 0.0519 e. The van der Waals surface area contributed by atoms with Crippen LogP contribution in [-0.2, 0) is 26.5 Å². The van der Waals surface area contributed by atoms with Gasteiger partial charge in [0.2, 0.25) is 0 Å². The average molecular weight is 244 g/mol.